The fourth-order valence-electron chi connectivity index (χ4n) is 2.60. The Labute approximate surface area is 95.1 Å². The van der Waals surface area contributed by atoms with Crippen molar-refractivity contribution in [3.63, 3.8) is 0 Å². The summed E-state index contributed by atoms with van der Waals surface area (Å²) in [6.45, 7) is 0.612. The molecule has 2 aliphatic carbocycles. The average molecular weight is 225 g/mol. The molecule has 0 aromatic heterocycles. The Bertz CT molecular complexity index is 294. The van der Waals surface area contributed by atoms with E-state index in [1.807, 2.05) is 0 Å². The SMILES string of the molecule is NC(CCCNC(=O)C1CC2CC2C1)=NO. The van der Waals surface area contributed by atoms with E-state index >= 15 is 0 Å². The van der Waals surface area contributed by atoms with E-state index < -0.39 is 0 Å². The van der Waals surface area contributed by atoms with E-state index in [1.165, 1.54) is 6.42 Å². The number of nitrogens with one attached hydrogen (secondary N) is 1. The molecule has 0 heterocycles. The van der Waals surface area contributed by atoms with Crippen LogP contribution in [-0.2, 0) is 4.79 Å². The van der Waals surface area contributed by atoms with Crippen LogP contribution in [0.1, 0.15) is 32.1 Å². The van der Waals surface area contributed by atoms with Crippen LogP contribution >= 0.6 is 0 Å². The maximum Gasteiger partial charge on any atom is 0.223 e. The highest BCUT2D eigenvalue weighted by Crippen LogP contribution is 2.54. The van der Waals surface area contributed by atoms with Gasteiger partial charge in [-0.25, -0.2) is 0 Å². The molecule has 2 aliphatic rings. The Hall–Kier alpha value is -1.26. The van der Waals surface area contributed by atoms with Crippen LogP contribution < -0.4 is 11.1 Å². The van der Waals surface area contributed by atoms with Gasteiger partial charge in [0.05, 0.1) is 0 Å². The summed E-state index contributed by atoms with van der Waals surface area (Å²) < 4.78 is 0. The molecule has 16 heavy (non-hydrogen) atoms. The maximum absolute atomic E-state index is 11.7. The van der Waals surface area contributed by atoms with Gasteiger partial charge in [-0.1, -0.05) is 5.16 Å². The van der Waals surface area contributed by atoms with E-state index in [2.05, 4.69) is 10.5 Å². The fraction of sp³-hybridized carbons (Fsp3) is 0.818. The maximum atomic E-state index is 11.7. The predicted octanol–water partition coefficient (Wildman–Crippen LogP) is 0.675. The Balaban J connectivity index is 1.57. The third-order valence-electron chi connectivity index (χ3n) is 3.65. The molecule has 0 radical (unpaired) electrons. The summed E-state index contributed by atoms with van der Waals surface area (Å²) in [5.74, 6) is 2.33. The van der Waals surface area contributed by atoms with Gasteiger partial charge in [0.1, 0.15) is 5.84 Å². The third kappa shape index (κ3) is 2.65. The molecule has 5 nitrogen and oxygen atoms in total. The largest absolute Gasteiger partial charge is 0.409 e. The molecule has 2 atom stereocenters. The van der Waals surface area contributed by atoms with Crippen LogP contribution in [0.4, 0.5) is 0 Å². The third-order valence-corrected chi connectivity index (χ3v) is 3.65. The van der Waals surface area contributed by atoms with E-state index in [4.69, 9.17) is 10.9 Å². The lowest BCUT2D eigenvalue weighted by Crippen LogP contribution is -2.31. The number of hydrogen-bond donors (Lipinski definition) is 3. The lowest BCUT2D eigenvalue weighted by Gasteiger charge is -2.11. The summed E-state index contributed by atoms with van der Waals surface area (Å²) in [7, 11) is 0. The molecule has 0 spiro atoms. The second kappa shape index (κ2) is 4.72. The second-order valence-electron chi connectivity index (χ2n) is 4.91. The molecule has 0 saturated heterocycles. The summed E-state index contributed by atoms with van der Waals surface area (Å²) in [4.78, 5) is 11.7. The molecule has 0 bridgehead atoms. The quantitative estimate of drug-likeness (QED) is 0.211. The van der Waals surface area contributed by atoms with Crippen molar-refractivity contribution in [3.05, 3.63) is 0 Å². The Morgan fingerprint density at radius 1 is 1.38 bits per heavy atom. The van der Waals surface area contributed by atoms with Gasteiger partial charge in [-0.05, 0) is 37.5 Å². The van der Waals surface area contributed by atoms with Gasteiger partial charge in [0, 0.05) is 18.9 Å². The number of fused-ring (bicyclic) bond motifs is 1. The lowest BCUT2D eigenvalue weighted by molar-refractivity contribution is -0.125. The molecule has 0 aromatic carbocycles. The van der Waals surface area contributed by atoms with Gasteiger partial charge in [-0.2, -0.15) is 0 Å². The summed E-state index contributed by atoms with van der Waals surface area (Å²) in [6, 6.07) is 0. The Kier molecular flexibility index (Phi) is 3.31. The summed E-state index contributed by atoms with van der Waals surface area (Å²) in [6.07, 6.45) is 4.74. The lowest BCUT2D eigenvalue weighted by atomic mass is 10.0. The first kappa shape index (κ1) is 11.2. The molecule has 2 saturated carbocycles. The van der Waals surface area contributed by atoms with Gasteiger partial charge in [0.25, 0.3) is 0 Å². The number of nitrogens with zero attached hydrogens (tertiary/aromatic N) is 1. The Morgan fingerprint density at radius 3 is 2.69 bits per heavy atom. The molecule has 0 aromatic rings. The second-order valence-corrected chi connectivity index (χ2v) is 4.91. The van der Waals surface area contributed by atoms with Gasteiger partial charge in [0.15, 0.2) is 0 Å². The van der Waals surface area contributed by atoms with Crippen molar-refractivity contribution in [1.29, 1.82) is 0 Å². The molecular weight excluding hydrogens is 206 g/mol. The van der Waals surface area contributed by atoms with Crippen molar-refractivity contribution < 1.29 is 10.0 Å². The van der Waals surface area contributed by atoms with Crippen molar-refractivity contribution in [1.82, 2.24) is 5.32 Å². The van der Waals surface area contributed by atoms with Crippen molar-refractivity contribution in [2.75, 3.05) is 6.54 Å². The van der Waals surface area contributed by atoms with Crippen LogP contribution in [0.3, 0.4) is 0 Å². The number of amides is 1. The summed E-state index contributed by atoms with van der Waals surface area (Å²) in [5, 5.41) is 14.1. The molecule has 2 fully saturated rings. The van der Waals surface area contributed by atoms with Crippen molar-refractivity contribution in [2.24, 2.45) is 28.6 Å². The van der Waals surface area contributed by atoms with Crippen LogP contribution in [0, 0.1) is 17.8 Å². The minimum Gasteiger partial charge on any atom is -0.409 e. The van der Waals surface area contributed by atoms with Crippen LogP contribution in [0.2, 0.25) is 0 Å². The first-order valence-corrected chi connectivity index (χ1v) is 5.95. The molecule has 4 N–H and O–H groups in total. The van der Waals surface area contributed by atoms with Crippen molar-refractivity contribution in [3.8, 4) is 0 Å². The number of amidine groups is 1. The minimum absolute atomic E-state index is 0.187. The van der Waals surface area contributed by atoms with E-state index in [1.54, 1.807) is 0 Å². The van der Waals surface area contributed by atoms with Crippen LogP contribution in [0.15, 0.2) is 5.16 Å². The zero-order valence-corrected chi connectivity index (χ0v) is 9.35. The van der Waals surface area contributed by atoms with Gasteiger partial charge < -0.3 is 16.3 Å². The summed E-state index contributed by atoms with van der Waals surface area (Å²) >= 11 is 0. The first-order chi connectivity index (χ1) is 7.70. The topological polar surface area (TPSA) is 87.7 Å². The number of hydrogen-bond acceptors (Lipinski definition) is 3. The smallest absolute Gasteiger partial charge is 0.223 e. The highest BCUT2D eigenvalue weighted by atomic mass is 16.4. The Morgan fingerprint density at radius 2 is 2.06 bits per heavy atom. The average Bonchev–Trinajstić information content (AvgIpc) is 2.91. The molecule has 0 aliphatic heterocycles. The minimum atomic E-state index is 0.187. The van der Waals surface area contributed by atoms with Crippen LogP contribution in [0.25, 0.3) is 0 Å². The van der Waals surface area contributed by atoms with Crippen molar-refractivity contribution in [2.45, 2.75) is 32.1 Å². The van der Waals surface area contributed by atoms with E-state index in [0.29, 0.717) is 13.0 Å². The molecule has 1 amide bonds. The van der Waals surface area contributed by atoms with Gasteiger partial charge >= 0.3 is 0 Å². The first-order valence-electron chi connectivity index (χ1n) is 5.95. The normalized spacial score (nSPS) is 32.2. The highest BCUT2D eigenvalue weighted by molar-refractivity contribution is 5.80. The number of nitrogens with two attached hydrogens (primary N) is 1. The predicted molar refractivity (Wildman–Crippen MR) is 60.0 cm³/mol. The fourth-order valence-corrected chi connectivity index (χ4v) is 2.60. The molecule has 90 valence electrons. The molecule has 2 rings (SSSR count). The zero-order chi connectivity index (χ0) is 11.5. The number of rotatable bonds is 5. The summed E-state index contributed by atoms with van der Waals surface area (Å²) in [5.41, 5.74) is 5.32. The monoisotopic (exact) mass is 225 g/mol. The molecule has 5 heteroatoms. The standard InChI is InChI=1S/C11H19N3O2/c12-10(14-16)2-1-3-13-11(15)9-5-7-4-8(7)6-9/h7-9,16H,1-6H2,(H2,12,14)(H,13,15). The van der Waals surface area contributed by atoms with E-state index in [0.717, 1.165) is 31.1 Å². The van der Waals surface area contributed by atoms with Crippen LogP contribution in [0.5, 0.6) is 0 Å². The number of oxime groups is 1. The van der Waals surface area contributed by atoms with Gasteiger partial charge in [-0.15, -0.1) is 0 Å². The van der Waals surface area contributed by atoms with Crippen molar-refractivity contribution >= 4 is 11.7 Å². The van der Waals surface area contributed by atoms with E-state index in [9.17, 15) is 4.79 Å². The zero-order valence-electron chi connectivity index (χ0n) is 9.35. The van der Waals surface area contributed by atoms with Gasteiger partial charge in [0.2, 0.25) is 5.91 Å². The molecule has 2 unspecified atom stereocenters. The van der Waals surface area contributed by atoms with Crippen LogP contribution in [-0.4, -0.2) is 23.5 Å². The number of carbonyl (C=O) groups excluding carboxylic acids is 1. The van der Waals surface area contributed by atoms with Gasteiger partial charge in [-0.3, -0.25) is 4.79 Å². The molecular formula is C11H19N3O2. The van der Waals surface area contributed by atoms with E-state index in [-0.39, 0.29) is 17.7 Å². The number of carbonyl (C=O) groups is 1. The highest BCUT2D eigenvalue weighted by Gasteiger charge is 2.47.